The molecule has 3 aromatic rings. The summed E-state index contributed by atoms with van der Waals surface area (Å²) in [7, 11) is 0. The number of nitrogens with two attached hydrogens (primary N) is 1. The lowest BCUT2D eigenvalue weighted by Crippen LogP contribution is -2.06. The zero-order chi connectivity index (χ0) is 12.4. The molecule has 0 aliphatic carbocycles. The summed E-state index contributed by atoms with van der Waals surface area (Å²) in [6.07, 6.45) is 1.58. The Labute approximate surface area is 104 Å². The Morgan fingerprint density at radius 3 is 2.56 bits per heavy atom. The van der Waals surface area contributed by atoms with Crippen LogP contribution in [-0.2, 0) is 0 Å². The van der Waals surface area contributed by atoms with Crippen LogP contribution in [-0.4, -0.2) is 9.97 Å². The van der Waals surface area contributed by atoms with Crippen molar-refractivity contribution in [3.8, 4) is 11.3 Å². The lowest BCUT2D eigenvalue weighted by molar-refractivity contribution is 1.22. The molecule has 0 radical (unpaired) electrons. The van der Waals surface area contributed by atoms with Crippen LogP contribution in [0.3, 0.4) is 0 Å². The topological polar surface area (TPSA) is 63.8 Å². The Hall–Kier alpha value is -2.46. The molecule has 0 atom stereocenters. The predicted molar refractivity (Wildman–Crippen MR) is 72.8 cm³/mol. The van der Waals surface area contributed by atoms with E-state index in [9.17, 15) is 0 Å². The molecule has 0 bridgehead atoms. The van der Waals surface area contributed by atoms with Gasteiger partial charge < -0.3 is 5.43 Å². The van der Waals surface area contributed by atoms with Crippen molar-refractivity contribution in [2.75, 3.05) is 5.43 Å². The third kappa shape index (κ3) is 1.78. The normalized spacial score (nSPS) is 10.5. The van der Waals surface area contributed by atoms with Gasteiger partial charge in [-0.25, -0.2) is 9.97 Å². The molecule has 0 aliphatic rings. The minimum Gasteiger partial charge on any atom is -0.324 e. The highest BCUT2D eigenvalue weighted by atomic mass is 15.2. The van der Waals surface area contributed by atoms with Gasteiger partial charge >= 0.3 is 0 Å². The van der Waals surface area contributed by atoms with E-state index in [1.807, 2.05) is 48.5 Å². The van der Waals surface area contributed by atoms with Crippen molar-refractivity contribution in [1.82, 2.24) is 9.97 Å². The Bertz CT molecular complexity index is 680. The summed E-state index contributed by atoms with van der Waals surface area (Å²) in [5.41, 5.74) is 6.37. The summed E-state index contributed by atoms with van der Waals surface area (Å²) in [4.78, 5) is 8.64. The first-order valence-corrected chi connectivity index (χ1v) is 5.65. The Kier molecular flexibility index (Phi) is 2.63. The number of nitrogen functional groups attached to an aromatic ring is 1. The van der Waals surface area contributed by atoms with Gasteiger partial charge in [0.1, 0.15) is 6.33 Å². The van der Waals surface area contributed by atoms with Crippen molar-refractivity contribution in [2.45, 2.75) is 0 Å². The van der Waals surface area contributed by atoms with E-state index in [1.54, 1.807) is 6.33 Å². The molecule has 0 unspecified atom stereocenters. The maximum Gasteiger partial charge on any atom is 0.116 e. The van der Waals surface area contributed by atoms with Gasteiger partial charge in [-0.05, 0) is 18.2 Å². The first kappa shape index (κ1) is 10.7. The van der Waals surface area contributed by atoms with Crippen LogP contribution in [0.4, 0.5) is 5.69 Å². The van der Waals surface area contributed by atoms with Crippen molar-refractivity contribution in [3.05, 3.63) is 54.9 Å². The van der Waals surface area contributed by atoms with Crippen LogP contribution < -0.4 is 11.3 Å². The molecule has 4 heteroatoms. The van der Waals surface area contributed by atoms with Crippen molar-refractivity contribution in [3.63, 3.8) is 0 Å². The quantitative estimate of drug-likeness (QED) is 0.530. The molecule has 4 nitrogen and oxygen atoms in total. The third-order valence-electron chi connectivity index (χ3n) is 2.85. The van der Waals surface area contributed by atoms with Crippen molar-refractivity contribution in [1.29, 1.82) is 0 Å². The van der Waals surface area contributed by atoms with Gasteiger partial charge in [-0.3, -0.25) is 5.84 Å². The van der Waals surface area contributed by atoms with Crippen LogP contribution in [0.15, 0.2) is 54.9 Å². The highest BCUT2D eigenvalue weighted by molar-refractivity contribution is 5.94. The number of hydrazine groups is 1. The summed E-state index contributed by atoms with van der Waals surface area (Å²) in [6.45, 7) is 0. The van der Waals surface area contributed by atoms with E-state index >= 15 is 0 Å². The van der Waals surface area contributed by atoms with Crippen molar-refractivity contribution < 1.29 is 0 Å². The minimum atomic E-state index is 0.842. The molecule has 0 amide bonds. The predicted octanol–water partition coefficient (Wildman–Crippen LogP) is 2.58. The third-order valence-corrected chi connectivity index (χ3v) is 2.85. The largest absolute Gasteiger partial charge is 0.324 e. The summed E-state index contributed by atoms with van der Waals surface area (Å²) in [5, 5.41) is 0.985. The molecular weight excluding hydrogens is 224 g/mol. The highest BCUT2D eigenvalue weighted by Crippen LogP contribution is 2.26. The monoisotopic (exact) mass is 236 g/mol. The lowest BCUT2D eigenvalue weighted by Gasteiger charge is -2.07. The smallest absolute Gasteiger partial charge is 0.116 e. The number of benzene rings is 2. The van der Waals surface area contributed by atoms with Gasteiger partial charge in [-0.1, -0.05) is 30.3 Å². The van der Waals surface area contributed by atoms with Gasteiger partial charge in [0.15, 0.2) is 0 Å². The Morgan fingerprint density at radius 2 is 1.78 bits per heavy atom. The molecule has 3 rings (SSSR count). The molecule has 3 N–H and O–H groups in total. The summed E-state index contributed by atoms with van der Waals surface area (Å²) >= 11 is 0. The molecule has 2 aromatic carbocycles. The van der Waals surface area contributed by atoms with Crippen LogP contribution in [0.2, 0.25) is 0 Å². The van der Waals surface area contributed by atoms with E-state index in [0.717, 1.165) is 27.8 Å². The van der Waals surface area contributed by atoms with E-state index in [2.05, 4.69) is 15.4 Å². The van der Waals surface area contributed by atoms with Crippen molar-refractivity contribution >= 4 is 16.6 Å². The van der Waals surface area contributed by atoms with E-state index in [-0.39, 0.29) is 0 Å². The zero-order valence-corrected chi connectivity index (χ0v) is 9.67. The number of aromatic nitrogens is 2. The second kappa shape index (κ2) is 4.43. The average Bonchev–Trinajstić information content (AvgIpc) is 2.47. The number of hydrogen-bond donors (Lipinski definition) is 2. The number of nitrogens with zero attached hydrogens (tertiary/aromatic N) is 2. The van der Waals surface area contributed by atoms with Gasteiger partial charge in [-0.2, -0.15) is 0 Å². The molecule has 0 spiro atoms. The molecule has 0 fully saturated rings. The number of anilines is 1. The Balaban J connectivity index is 2.29. The average molecular weight is 236 g/mol. The van der Waals surface area contributed by atoms with Crippen molar-refractivity contribution in [2.24, 2.45) is 5.84 Å². The molecule has 0 aliphatic heterocycles. The fraction of sp³-hybridized carbons (Fsp3) is 0. The fourth-order valence-corrected chi connectivity index (χ4v) is 1.97. The van der Waals surface area contributed by atoms with Crippen LogP contribution >= 0.6 is 0 Å². The molecule has 0 saturated heterocycles. The molecule has 0 saturated carbocycles. The number of nitrogens with one attached hydrogen (secondary N) is 1. The summed E-state index contributed by atoms with van der Waals surface area (Å²) in [5.74, 6) is 5.44. The molecule has 1 aromatic heterocycles. The standard InChI is InChI=1S/C14H12N4/c15-18-11-6-7-13-12(8-11)14(17-9-16-13)10-4-2-1-3-5-10/h1-9,18H,15H2. The second-order valence-electron chi connectivity index (χ2n) is 3.96. The van der Waals surface area contributed by atoms with E-state index in [0.29, 0.717) is 0 Å². The molecule has 18 heavy (non-hydrogen) atoms. The van der Waals surface area contributed by atoms with Gasteiger partial charge in [0, 0.05) is 16.6 Å². The van der Waals surface area contributed by atoms with Crippen LogP contribution in [0.1, 0.15) is 0 Å². The van der Waals surface area contributed by atoms with E-state index in [1.165, 1.54) is 0 Å². The van der Waals surface area contributed by atoms with Crippen LogP contribution in [0, 0.1) is 0 Å². The van der Waals surface area contributed by atoms with Crippen LogP contribution in [0.5, 0.6) is 0 Å². The van der Waals surface area contributed by atoms with Gasteiger partial charge in [0.05, 0.1) is 11.2 Å². The summed E-state index contributed by atoms with van der Waals surface area (Å²) < 4.78 is 0. The summed E-state index contributed by atoms with van der Waals surface area (Å²) in [6, 6.07) is 15.8. The van der Waals surface area contributed by atoms with Crippen LogP contribution in [0.25, 0.3) is 22.2 Å². The second-order valence-corrected chi connectivity index (χ2v) is 3.96. The number of fused-ring (bicyclic) bond motifs is 1. The minimum absolute atomic E-state index is 0.842. The molecule has 88 valence electrons. The molecular formula is C14H12N4. The SMILES string of the molecule is NNc1ccc2ncnc(-c3ccccc3)c2c1. The van der Waals surface area contributed by atoms with Gasteiger partial charge in [0.25, 0.3) is 0 Å². The Morgan fingerprint density at radius 1 is 0.944 bits per heavy atom. The van der Waals surface area contributed by atoms with Gasteiger partial charge in [0.2, 0.25) is 0 Å². The van der Waals surface area contributed by atoms with E-state index in [4.69, 9.17) is 5.84 Å². The fourth-order valence-electron chi connectivity index (χ4n) is 1.97. The number of rotatable bonds is 2. The lowest BCUT2D eigenvalue weighted by atomic mass is 10.1. The first-order valence-electron chi connectivity index (χ1n) is 5.65. The maximum absolute atomic E-state index is 5.44. The number of hydrogen-bond acceptors (Lipinski definition) is 4. The molecule has 1 heterocycles. The maximum atomic E-state index is 5.44. The van der Waals surface area contributed by atoms with Gasteiger partial charge in [-0.15, -0.1) is 0 Å². The van der Waals surface area contributed by atoms with E-state index < -0.39 is 0 Å². The first-order chi connectivity index (χ1) is 8.88. The highest BCUT2D eigenvalue weighted by Gasteiger charge is 2.06. The zero-order valence-electron chi connectivity index (χ0n) is 9.67.